The lowest BCUT2D eigenvalue weighted by molar-refractivity contribution is -0.147. The summed E-state index contributed by atoms with van der Waals surface area (Å²) in [5, 5.41) is 7.91. The Hall–Kier alpha value is -1.72. The van der Waals surface area contributed by atoms with Crippen LogP contribution in [0.25, 0.3) is 0 Å². The highest BCUT2D eigenvalue weighted by Gasteiger charge is 2.19. The maximum absolute atomic E-state index is 12.3. The van der Waals surface area contributed by atoms with E-state index in [4.69, 9.17) is 14.9 Å². The van der Waals surface area contributed by atoms with Crippen LogP contribution in [0.2, 0.25) is 0 Å². The predicted octanol–water partition coefficient (Wildman–Crippen LogP) is 5.94. The van der Waals surface area contributed by atoms with E-state index in [0.717, 1.165) is 51.4 Å². The normalized spacial score (nSPS) is 11.7. The summed E-state index contributed by atoms with van der Waals surface area (Å²) in [6, 6.07) is 0. The number of hydrogen-bond acceptors (Lipinski definition) is 6. The van der Waals surface area contributed by atoms with Crippen molar-refractivity contribution in [2.24, 2.45) is 0 Å². The summed E-state index contributed by atoms with van der Waals surface area (Å²) >= 11 is 0. The fourth-order valence-corrected chi connectivity index (χ4v) is 3.10. The molecule has 0 aliphatic carbocycles. The second-order valence-corrected chi connectivity index (χ2v) is 8.12. The zero-order valence-corrected chi connectivity index (χ0v) is 19.4. The van der Waals surface area contributed by atoms with Gasteiger partial charge in [-0.2, -0.15) is 0 Å². The number of hydrogen-bond donors (Lipinski definition) is 1. The van der Waals surface area contributed by atoms with Crippen LogP contribution in [0.15, 0.2) is 0 Å². The quantitative estimate of drug-likeness (QED) is 0.113. The van der Waals surface area contributed by atoms with Crippen LogP contribution in [-0.4, -0.2) is 36.1 Å². The van der Waals surface area contributed by atoms with Gasteiger partial charge in [0.1, 0.15) is 24.3 Å². The minimum Gasteiger partial charge on any atom is -0.474 e. The molecule has 0 aliphatic heterocycles. The molecule has 6 heteroatoms. The monoisotopic (exact) mass is 425 g/mol. The number of unbranched alkanes of at least 4 members (excludes halogenated alkanes) is 8. The minimum atomic E-state index is -0.656. The number of Topliss-reactive ketones (excluding diaryl/α,β-unsaturated/α-hetero) is 2. The van der Waals surface area contributed by atoms with Gasteiger partial charge in [0, 0.05) is 32.1 Å². The first-order chi connectivity index (χ1) is 14.4. The highest BCUT2D eigenvalue weighted by atomic mass is 16.6. The molecule has 0 amide bonds. The zero-order valence-electron chi connectivity index (χ0n) is 19.4. The van der Waals surface area contributed by atoms with Crippen molar-refractivity contribution in [3.63, 3.8) is 0 Å². The van der Waals surface area contributed by atoms with E-state index in [2.05, 4.69) is 13.8 Å². The Morgan fingerprint density at radius 2 is 1.33 bits per heavy atom. The van der Waals surface area contributed by atoms with Crippen LogP contribution < -0.4 is 0 Å². The molecule has 0 aliphatic rings. The van der Waals surface area contributed by atoms with E-state index in [9.17, 15) is 14.4 Å². The fourth-order valence-electron chi connectivity index (χ4n) is 3.10. The van der Waals surface area contributed by atoms with E-state index >= 15 is 0 Å². The third-order valence-electron chi connectivity index (χ3n) is 4.94. The largest absolute Gasteiger partial charge is 0.474 e. The lowest BCUT2D eigenvalue weighted by Gasteiger charge is -2.19. The second kappa shape index (κ2) is 19.3. The molecule has 0 bridgehead atoms. The van der Waals surface area contributed by atoms with Gasteiger partial charge in [-0.05, 0) is 19.8 Å². The van der Waals surface area contributed by atoms with Gasteiger partial charge in [-0.3, -0.25) is 15.0 Å². The Bertz CT molecular complexity index is 504. The maximum Gasteiger partial charge on any atom is 0.305 e. The Kier molecular flexibility index (Phi) is 18.2. The van der Waals surface area contributed by atoms with Crippen LogP contribution in [0.3, 0.4) is 0 Å². The summed E-state index contributed by atoms with van der Waals surface area (Å²) in [5.41, 5.74) is 0. The van der Waals surface area contributed by atoms with Crippen molar-refractivity contribution in [3.8, 4) is 0 Å². The van der Waals surface area contributed by atoms with E-state index in [0.29, 0.717) is 12.8 Å². The van der Waals surface area contributed by atoms with Crippen LogP contribution in [-0.2, 0) is 23.9 Å². The van der Waals surface area contributed by atoms with Crippen LogP contribution in [0.1, 0.15) is 117 Å². The van der Waals surface area contributed by atoms with Gasteiger partial charge in [0.15, 0.2) is 5.90 Å². The van der Waals surface area contributed by atoms with Crippen LogP contribution >= 0.6 is 0 Å². The first-order valence-corrected chi connectivity index (χ1v) is 11.8. The topological polar surface area (TPSA) is 93.5 Å². The number of carbonyl (C=O) groups is 3. The number of nitrogens with one attached hydrogen (secondary N) is 1. The van der Waals surface area contributed by atoms with Crippen molar-refractivity contribution in [3.05, 3.63) is 0 Å². The summed E-state index contributed by atoms with van der Waals surface area (Å²) in [6.07, 6.45) is 11.4. The molecule has 0 rings (SSSR count). The first-order valence-electron chi connectivity index (χ1n) is 11.8. The summed E-state index contributed by atoms with van der Waals surface area (Å²) in [5.74, 6) is -0.284. The molecule has 174 valence electrons. The molecule has 0 fully saturated rings. The molecule has 1 N–H and O–H groups in total. The van der Waals surface area contributed by atoms with Gasteiger partial charge in [-0.1, -0.05) is 65.2 Å². The van der Waals surface area contributed by atoms with Gasteiger partial charge in [-0.25, -0.2) is 0 Å². The van der Waals surface area contributed by atoms with Crippen molar-refractivity contribution in [2.45, 2.75) is 123 Å². The average molecular weight is 426 g/mol. The summed E-state index contributed by atoms with van der Waals surface area (Å²) < 4.78 is 10.9. The molecule has 0 saturated carbocycles. The highest BCUT2D eigenvalue weighted by Crippen LogP contribution is 2.12. The second-order valence-electron chi connectivity index (χ2n) is 8.12. The Morgan fingerprint density at radius 3 is 1.90 bits per heavy atom. The summed E-state index contributed by atoms with van der Waals surface area (Å²) in [4.78, 5) is 35.4. The summed E-state index contributed by atoms with van der Waals surface area (Å²) in [7, 11) is 0. The van der Waals surface area contributed by atoms with Gasteiger partial charge >= 0.3 is 5.97 Å². The van der Waals surface area contributed by atoms with E-state index in [1.807, 2.05) is 0 Å². The molecule has 0 saturated heterocycles. The van der Waals surface area contributed by atoms with Crippen molar-refractivity contribution < 1.29 is 23.9 Å². The van der Waals surface area contributed by atoms with Crippen LogP contribution in [0, 0.1) is 5.41 Å². The predicted molar refractivity (Wildman–Crippen MR) is 120 cm³/mol. The third kappa shape index (κ3) is 18.3. The van der Waals surface area contributed by atoms with Crippen molar-refractivity contribution in [2.75, 3.05) is 6.61 Å². The fraction of sp³-hybridized carbons (Fsp3) is 0.833. The third-order valence-corrected chi connectivity index (χ3v) is 4.94. The van der Waals surface area contributed by atoms with E-state index in [1.165, 1.54) is 19.8 Å². The van der Waals surface area contributed by atoms with Crippen LogP contribution in [0.4, 0.5) is 0 Å². The summed E-state index contributed by atoms with van der Waals surface area (Å²) in [6.45, 7) is 5.74. The Balaban J connectivity index is 4.41. The standard InChI is InChI=1S/C24H43NO5/c1-4-6-8-10-12-14-21(27)18-22(30-23(25)17-16-20(3)26)19-29-24(28)15-13-11-9-7-5-2/h22,25H,4-19H2,1-3H3. The molecule has 30 heavy (non-hydrogen) atoms. The number of rotatable bonds is 20. The molecule has 0 radical (unpaired) electrons. The smallest absolute Gasteiger partial charge is 0.305 e. The number of esters is 1. The molecular weight excluding hydrogens is 382 g/mol. The molecule has 0 heterocycles. The minimum absolute atomic E-state index is 0.0162. The molecule has 1 atom stereocenters. The lowest BCUT2D eigenvalue weighted by Crippen LogP contribution is -2.28. The van der Waals surface area contributed by atoms with Gasteiger partial charge in [0.2, 0.25) is 0 Å². The molecule has 1 unspecified atom stereocenters. The number of ketones is 2. The molecular formula is C24H43NO5. The Labute approximate surface area is 183 Å². The molecule has 0 aromatic rings. The molecule has 0 aromatic heterocycles. The molecule has 0 spiro atoms. The highest BCUT2D eigenvalue weighted by molar-refractivity contribution is 5.83. The van der Waals surface area contributed by atoms with Gasteiger partial charge in [-0.15, -0.1) is 0 Å². The van der Waals surface area contributed by atoms with Crippen molar-refractivity contribution >= 4 is 23.4 Å². The zero-order chi connectivity index (χ0) is 22.6. The van der Waals surface area contributed by atoms with Gasteiger partial charge in [0.05, 0.1) is 0 Å². The Morgan fingerprint density at radius 1 is 0.767 bits per heavy atom. The number of carbonyl (C=O) groups excluding carboxylic acids is 3. The average Bonchev–Trinajstić information content (AvgIpc) is 2.70. The van der Waals surface area contributed by atoms with E-state index < -0.39 is 6.10 Å². The molecule has 6 nitrogen and oxygen atoms in total. The van der Waals surface area contributed by atoms with Crippen molar-refractivity contribution in [1.29, 1.82) is 5.41 Å². The van der Waals surface area contributed by atoms with E-state index in [-0.39, 0.29) is 49.3 Å². The number of ether oxygens (including phenoxy) is 2. The van der Waals surface area contributed by atoms with E-state index in [1.54, 1.807) is 0 Å². The van der Waals surface area contributed by atoms with Gasteiger partial charge in [0.25, 0.3) is 0 Å². The molecule has 0 aromatic carbocycles. The van der Waals surface area contributed by atoms with Gasteiger partial charge < -0.3 is 14.3 Å². The first kappa shape index (κ1) is 28.3. The SMILES string of the molecule is CCCCCCCC(=O)CC(COC(=O)CCCCCCC)OC(=N)CCC(C)=O. The lowest BCUT2D eigenvalue weighted by atomic mass is 10.1. The maximum atomic E-state index is 12.3. The van der Waals surface area contributed by atoms with Crippen LogP contribution in [0.5, 0.6) is 0 Å². The van der Waals surface area contributed by atoms with Crippen molar-refractivity contribution in [1.82, 2.24) is 0 Å².